The number of rotatable bonds is 11. The van der Waals surface area contributed by atoms with Crippen LogP contribution in [0.5, 0.6) is 0 Å². The molecule has 0 rings (SSSR count). The van der Waals surface area contributed by atoms with Crippen molar-refractivity contribution in [3.8, 4) is 0 Å². The van der Waals surface area contributed by atoms with Gasteiger partial charge in [0.1, 0.15) is 0 Å². The van der Waals surface area contributed by atoms with Gasteiger partial charge in [-0.2, -0.15) is 0 Å². The highest BCUT2D eigenvalue weighted by Gasteiger charge is 2.00. The summed E-state index contributed by atoms with van der Waals surface area (Å²) in [6.45, 7) is 4.81. The smallest absolute Gasteiger partial charge is 0.191 e. The van der Waals surface area contributed by atoms with Crippen molar-refractivity contribution in [3.63, 3.8) is 0 Å². The van der Waals surface area contributed by atoms with Crippen LogP contribution in [0.1, 0.15) is 13.3 Å². The number of hydrogen-bond acceptors (Lipinski definition) is 4. The molecule has 0 amide bonds. The molecule has 1 unspecified atom stereocenters. The quantitative estimate of drug-likeness (QED) is 0.383. The zero-order chi connectivity index (χ0) is 11.4. The Hall–Kier alpha value is -0.200. The van der Waals surface area contributed by atoms with E-state index in [0.717, 1.165) is 0 Å². The molecule has 0 aliphatic heterocycles. The van der Waals surface area contributed by atoms with Gasteiger partial charge in [0.15, 0.2) is 6.29 Å². The molecule has 0 aliphatic carbocycles. The van der Waals surface area contributed by atoms with Crippen molar-refractivity contribution in [2.45, 2.75) is 19.6 Å². The summed E-state index contributed by atoms with van der Waals surface area (Å²) < 4.78 is 20.0. The normalized spacial score (nSPS) is 13.0. The molecule has 91 valence electrons. The van der Waals surface area contributed by atoms with Crippen molar-refractivity contribution in [2.24, 2.45) is 0 Å². The summed E-state index contributed by atoms with van der Waals surface area (Å²) in [5, 5.41) is 10.8. The Labute approximate surface area is 91.3 Å². The van der Waals surface area contributed by atoms with Crippen molar-refractivity contribution in [2.75, 3.05) is 46.8 Å². The summed E-state index contributed by atoms with van der Waals surface area (Å²) in [4.78, 5) is 0. The minimum Gasteiger partial charge on any atom is -0.382 e. The molecule has 1 radical (unpaired) electrons. The Morgan fingerprint density at radius 3 is 2.00 bits per heavy atom. The van der Waals surface area contributed by atoms with Crippen LogP contribution >= 0.6 is 0 Å². The first kappa shape index (κ1) is 14.8. The molecule has 0 aromatic heterocycles. The monoisotopic (exact) mass is 221 g/mol. The van der Waals surface area contributed by atoms with Gasteiger partial charge in [-0.15, -0.1) is 0 Å². The maximum absolute atomic E-state index is 10.8. The SMILES string of the molecule is CCC([O])OCCOCCOCCOC. The van der Waals surface area contributed by atoms with E-state index in [-0.39, 0.29) is 0 Å². The largest absolute Gasteiger partial charge is 0.382 e. The van der Waals surface area contributed by atoms with Gasteiger partial charge in [0.05, 0.1) is 39.6 Å². The minimum atomic E-state index is -0.924. The van der Waals surface area contributed by atoms with Crippen molar-refractivity contribution in [3.05, 3.63) is 0 Å². The second-order valence-electron chi connectivity index (χ2n) is 2.93. The lowest BCUT2D eigenvalue weighted by molar-refractivity contribution is -0.150. The fourth-order valence-corrected chi connectivity index (χ4v) is 0.821. The molecular formula is C10H21O5. The summed E-state index contributed by atoms with van der Waals surface area (Å²) in [5.41, 5.74) is 0. The van der Waals surface area contributed by atoms with Gasteiger partial charge in [0.2, 0.25) is 0 Å². The summed E-state index contributed by atoms with van der Waals surface area (Å²) in [6.07, 6.45) is -0.438. The van der Waals surface area contributed by atoms with E-state index in [1.807, 2.05) is 0 Å². The molecule has 5 nitrogen and oxygen atoms in total. The Kier molecular flexibility index (Phi) is 11.7. The maximum Gasteiger partial charge on any atom is 0.191 e. The summed E-state index contributed by atoms with van der Waals surface area (Å²) in [6, 6.07) is 0. The van der Waals surface area contributed by atoms with Crippen LogP contribution in [0.15, 0.2) is 0 Å². The highest BCUT2D eigenvalue weighted by atomic mass is 16.6. The molecule has 0 heterocycles. The lowest BCUT2D eigenvalue weighted by Crippen LogP contribution is -2.15. The molecule has 0 N–H and O–H groups in total. The molecule has 0 aromatic carbocycles. The van der Waals surface area contributed by atoms with E-state index in [1.165, 1.54) is 0 Å². The highest BCUT2D eigenvalue weighted by Crippen LogP contribution is 1.92. The molecule has 0 fully saturated rings. The summed E-state index contributed by atoms with van der Waals surface area (Å²) in [7, 11) is 1.63. The van der Waals surface area contributed by atoms with E-state index < -0.39 is 6.29 Å². The number of hydrogen-bond donors (Lipinski definition) is 0. The molecule has 15 heavy (non-hydrogen) atoms. The van der Waals surface area contributed by atoms with Crippen LogP contribution in [0.25, 0.3) is 0 Å². The molecule has 5 heteroatoms. The maximum atomic E-state index is 10.8. The third kappa shape index (κ3) is 11.7. The van der Waals surface area contributed by atoms with Gasteiger partial charge < -0.3 is 18.9 Å². The van der Waals surface area contributed by atoms with Gasteiger partial charge >= 0.3 is 0 Å². The molecule has 0 saturated heterocycles. The lowest BCUT2D eigenvalue weighted by Gasteiger charge is -2.08. The standard InChI is InChI=1S/C10H21O5/c1-3-10(11)15-9-8-14-7-6-13-5-4-12-2/h10H,3-9H2,1-2H3. The van der Waals surface area contributed by atoms with Gasteiger partial charge in [0.25, 0.3) is 0 Å². The van der Waals surface area contributed by atoms with Crippen molar-refractivity contribution >= 4 is 0 Å². The Bertz CT molecular complexity index is 120. The van der Waals surface area contributed by atoms with Crippen molar-refractivity contribution in [1.82, 2.24) is 0 Å². The first-order valence-corrected chi connectivity index (χ1v) is 5.23. The molecule has 1 atom stereocenters. The molecule has 0 bridgehead atoms. The van der Waals surface area contributed by atoms with Crippen molar-refractivity contribution < 1.29 is 24.1 Å². The lowest BCUT2D eigenvalue weighted by atomic mass is 10.5. The Morgan fingerprint density at radius 2 is 1.47 bits per heavy atom. The fraction of sp³-hybridized carbons (Fsp3) is 1.00. The van der Waals surface area contributed by atoms with Crippen molar-refractivity contribution in [1.29, 1.82) is 0 Å². The second kappa shape index (κ2) is 11.9. The van der Waals surface area contributed by atoms with Crippen LogP contribution in [0.2, 0.25) is 0 Å². The topological polar surface area (TPSA) is 56.8 Å². The summed E-state index contributed by atoms with van der Waals surface area (Å²) >= 11 is 0. The van der Waals surface area contributed by atoms with E-state index in [1.54, 1.807) is 14.0 Å². The molecular weight excluding hydrogens is 200 g/mol. The predicted molar refractivity (Wildman–Crippen MR) is 54.2 cm³/mol. The molecule has 0 saturated carbocycles. The van der Waals surface area contributed by atoms with Crippen LogP contribution < -0.4 is 0 Å². The molecule has 0 aliphatic rings. The summed E-state index contributed by atoms with van der Waals surface area (Å²) in [5.74, 6) is 0. The van der Waals surface area contributed by atoms with E-state index in [0.29, 0.717) is 46.1 Å². The zero-order valence-electron chi connectivity index (χ0n) is 9.57. The highest BCUT2D eigenvalue weighted by molar-refractivity contribution is 4.36. The van der Waals surface area contributed by atoms with E-state index in [9.17, 15) is 5.11 Å². The van der Waals surface area contributed by atoms with Gasteiger partial charge in [-0.1, -0.05) is 6.92 Å². The zero-order valence-corrected chi connectivity index (χ0v) is 9.57. The molecule has 0 spiro atoms. The van der Waals surface area contributed by atoms with Crippen LogP contribution in [0.3, 0.4) is 0 Å². The first-order chi connectivity index (χ1) is 7.31. The second-order valence-corrected chi connectivity index (χ2v) is 2.93. The third-order valence-electron chi connectivity index (χ3n) is 1.67. The van der Waals surface area contributed by atoms with Crippen LogP contribution in [-0.4, -0.2) is 53.0 Å². The fourth-order valence-electron chi connectivity index (χ4n) is 0.821. The molecule has 0 aromatic rings. The van der Waals surface area contributed by atoms with Crippen LogP contribution in [-0.2, 0) is 24.1 Å². The van der Waals surface area contributed by atoms with Crippen LogP contribution in [0.4, 0.5) is 0 Å². The van der Waals surface area contributed by atoms with Gasteiger partial charge in [-0.3, -0.25) is 0 Å². The number of ether oxygens (including phenoxy) is 4. The minimum absolute atomic E-state index is 0.347. The van der Waals surface area contributed by atoms with E-state index in [2.05, 4.69) is 0 Å². The van der Waals surface area contributed by atoms with Gasteiger partial charge in [-0.05, 0) is 6.42 Å². The van der Waals surface area contributed by atoms with Gasteiger partial charge in [0, 0.05) is 7.11 Å². The van der Waals surface area contributed by atoms with Gasteiger partial charge in [-0.25, -0.2) is 5.11 Å². The first-order valence-electron chi connectivity index (χ1n) is 5.23. The average Bonchev–Trinajstić information content (AvgIpc) is 2.26. The van der Waals surface area contributed by atoms with Crippen LogP contribution in [0, 0.1) is 0 Å². The third-order valence-corrected chi connectivity index (χ3v) is 1.67. The average molecular weight is 221 g/mol. The number of methoxy groups -OCH3 is 1. The Morgan fingerprint density at radius 1 is 0.933 bits per heavy atom. The predicted octanol–water partition coefficient (Wildman–Crippen LogP) is 0.849. The van der Waals surface area contributed by atoms with E-state index >= 15 is 0 Å². The van der Waals surface area contributed by atoms with E-state index in [4.69, 9.17) is 18.9 Å². The Balaban J connectivity index is 2.92.